The Labute approximate surface area is 117 Å². The summed E-state index contributed by atoms with van der Waals surface area (Å²) in [5.74, 6) is 2.23. The van der Waals surface area contributed by atoms with E-state index < -0.39 is 0 Å². The molecule has 7 heteroatoms. The molecule has 0 saturated carbocycles. The van der Waals surface area contributed by atoms with Crippen LogP contribution in [0.1, 0.15) is 26.7 Å². The van der Waals surface area contributed by atoms with Gasteiger partial charge in [-0.15, -0.1) is 0 Å². The van der Waals surface area contributed by atoms with Gasteiger partial charge in [-0.05, 0) is 12.8 Å². The van der Waals surface area contributed by atoms with Gasteiger partial charge in [0.2, 0.25) is 11.9 Å². The van der Waals surface area contributed by atoms with Crippen LogP contribution >= 0.6 is 11.8 Å². The maximum atomic E-state index is 4.45. The SMILES string of the molecule is CCCNc1nc(SCCC)nc(-n2ccnc2)n1. The van der Waals surface area contributed by atoms with Gasteiger partial charge in [-0.1, -0.05) is 25.6 Å². The Morgan fingerprint density at radius 3 is 2.79 bits per heavy atom. The second-order valence-electron chi connectivity index (χ2n) is 3.99. The van der Waals surface area contributed by atoms with E-state index in [4.69, 9.17) is 0 Å². The first-order valence-corrected chi connectivity index (χ1v) is 7.43. The molecule has 0 amide bonds. The number of aromatic nitrogens is 5. The number of thioether (sulfide) groups is 1. The minimum atomic E-state index is 0.602. The van der Waals surface area contributed by atoms with Gasteiger partial charge < -0.3 is 5.32 Å². The summed E-state index contributed by atoms with van der Waals surface area (Å²) in [6.07, 6.45) is 7.35. The molecule has 0 spiro atoms. The molecular weight excluding hydrogens is 260 g/mol. The van der Waals surface area contributed by atoms with Crippen LogP contribution in [0, 0.1) is 0 Å². The quantitative estimate of drug-likeness (QED) is 0.784. The van der Waals surface area contributed by atoms with Crippen LogP contribution in [0.25, 0.3) is 5.95 Å². The van der Waals surface area contributed by atoms with Gasteiger partial charge in [0, 0.05) is 24.7 Å². The van der Waals surface area contributed by atoms with Crippen LogP contribution in [-0.4, -0.2) is 36.8 Å². The zero-order valence-corrected chi connectivity index (χ0v) is 12.0. The predicted molar refractivity (Wildman–Crippen MR) is 76.7 cm³/mol. The molecule has 2 rings (SSSR count). The number of hydrogen-bond donors (Lipinski definition) is 1. The smallest absolute Gasteiger partial charge is 0.240 e. The number of nitrogens with one attached hydrogen (secondary N) is 1. The van der Waals surface area contributed by atoms with Gasteiger partial charge in [-0.2, -0.15) is 15.0 Å². The third kappa shape index (κ3) is 3.92. The van der Waals surface area contributed by atoms with Gasteiger partial charge in [0.25, 0.3) is 0 Å². The molecule has 2 heterocycles. The molecular formula is C12H18N6S. The summed E-state index contributed by atoms with van der Waals surface area (Å²) in [5, 5.41) is 3.95. The first-order valence-electron chi connectivity index (χ1n) is 6.44. The lowest BCUT2D eigenvalue weighted by Gasteiger charge is -2.08. The lowest BCUT2D eigenvalue weighted by Crippen LogP contribution is -2.09. The molecule has 0 aliphatic heterocycles. The summed E-state index contributed by atoms with van der Waals surface area (Å²) in [6.45, 7) is 5.10. The summed E-state index contributed by atoms with van der Waals surface area (Å²) in [4.78, 5) is 17.3. The molecule has 102 valence electrons. The topological polar surface area (TPSA) is 68.5 Å². The van der Waals surface area contributed by atoms with Crippen molar-refractivity contribution in [2.45, 2.75) is 31.8 Å². The fourth-order valence-electron chi connectivity index (χ4n) is 1.41. The first-order chi connectivity index (χ1) is 9.33. The Morgan fingerprint density at radius 2 is 2.11 bits per heavy atom. The minimum Gasteiger partial charge on any atom is -0.354 e. The molecule has 1 N–H and O–H groups in total. The second-order valence-corrected chi connectivity index (χ2v) is 5.05. The number of anilines is 1. The molecule has 6 nitrogen and oxygen atoms in total. The van der Waals surface area contributed by atoms with E-state index in [1.807, 2.05) is 6.20 Å². The van der Waals surface area contributed by atoms with Crippen LogP contribution < -0.4 is 5.32 Å². The number of nitrogens with zero attached hydrogens (tertiary/aromatic N) is 5. The van der Waals surface area contributed by atoms with E-state index in [1.54, 1.807) is 28.9 Å². The molecule has 0 unspecified atom stereocenters. The molecule has 0 aromatic carbocycles. The Kier molecular flexibility index (Phi) is 5.14. The number of hydrogen-bond acceptors (Lipinski definition) is 6. The first kappa shape index (κ1) is 13.8. The van der Waals surface area contributed by atoms with E-state index in [1.165, 1.54) is 0 Å². The van der Waals surface area contributed by atoms with Crippen LogP contribution in [0.2, 0.25) is 0 Å². The third-order valence-corrected chi connectivity index (χ3v) is 3.36. The molecule has 0 aliphatic carbocycles. The van der Waals surface area contributed by atoms with Crippen molar-refractivity contribution in [3.63, 3.8) is 0 Å². The van der Waals surface area contributed by atoms with Crippen molar-refractivity contribution in [2.24, 2.45) is 0 Å². The average Bonchev–Trinajstić information content (AvgIpc) is 2.97. The lowest BCUT2D eigenvalue weighted by atomic mass is 10.5. The van der Waals surface area contributed by atoms with Crippen LogP contribution in [0.3, 0.4) is 0 Å². The Hall–Kier alpha value is -1.63. The predicted octanol–water partition coefficient (Wildman–Crippen LogP) is 2.38. The van der Waals surface area contributed by atoms with Crippen LogP contribution in [-0.2, 0) is 0 Å². The highest BCUT2D eigenvalue weighted by Gasteiger charge is 2.07. The third-order valence-electron chi connectivity index (χ3n) is 2.31. The largest absolute Gasteiger partial charge is 0.354 e. The Morgan fingerprint density at radius 1 is 1.21 bits per heavy atom. The zero-order valence-electron chi connectivity index (χ0n) is 11.2. The number of imidazole rings is 1. The fourth-order valence-corrected chi connectivity index (χ4v) is 2.10. The molecule has 2 aromatic rings. The van der Waals surface area contributed by atoms with Gasteiger partial charge in [0.15, 0.2) is 5.16 Å². The van der Waals surface area contributed by atoms with Crippen molar-refractivity contribution >= 4 is 17.7 Å². The molecule has 0 atom stereocenters. The second kappa shape index (κ2) is 7.08. The highest BCUT2D eigenvalue weighted by molar-refractivity contribution is 7.99. The molecule has 0 saturated heterocycles. The monoisotopic (exact) mass is 278 g/mol. The van der Waals surface area contributed by atoms with E-state index in [9.17, 15) is 0 Å². The average molecular weight is 278 g/mol. The van der Waals surface area contributed by atoms with Crippen LogP contribution in [0.4, 0.5) is 5.95 Å². The standard InChI is InChI=1S/C12H18N6S/c1-3-5-14-10-15-11(18-7-6-13-9-18)17-12(16-10)19-8-4-2/h6-7,9H,3-5,8H2,1-2H3,(H,14,15,16,17). The highest BCUT2D eigenvalue weighted by atomic mass is 32.2. The maximum Gasteiger partial charge on any atom is 0.240 e. The Balaban J connectivity index is 2.25. The van der Waals surface area contributed by atoms with Crippen molar-refractivity contribution in [2.75, 3.05) is 17.6 Å². The minimum absolute atomic E-state index is 0.602. The van der Waals surface area contributed by atoms with Gasteiger partial charge in [-0.25, -0.2) is 4.98 Å². The molecule has 19 heavy (non-hydrogen) atoms. The van der Waals surface area contributed by atoms with Gasteiger partial charge in [0.1, 0.15) is 6.33 Å². The van der Waals surface area contributed by atoms with Gasteiger partial charge >= 0.3 is 0 Å². The van der Waals surface area contributed by atoms with E-state index in [0.717, 1.165) is 30.3 Å². The summed E-state index contributed by atoms with van der Waals surface area (Å²) >= 11 is 1.64. The van der Waals surface area contributed by atoms with Crippen molar-refractivity contribution < 1.29 is 0 Å². The normalized spacial score (nSPS) is 10.6. The van der Waals surface area contributed by atoms with Crippen LogP contribution in [0.15, 0.2) is 23.9 Å². The van der Waals surface area contributed by atoms with Gasteiger partial charge in [0.05, 0.1) is 0 Å². The van der Waals surface area contributed by atoms with Gasteiger partial charge in [-0.3, -0.25) is 4.57 Å². The molecule has 0 aliphatic rings. The fraction of sp³-hybridized carbons (Fsp3) is 0.500. The highest BCUT2D eigenvalue weighted by Crippen LogP contribution is 2.16. The van der Waals surface area contributed by atoms with E-state index >= 15 is 0 Å². The van der Waals surface area contributed by atoms with Crippen molar-refractivity contribution in [3.8, 4) is 5.95 Å². The summed E-state index contributed by atoms with van der Waals surface area (Å²) in [7, 11) is 0. The van der Waals surface area contributed by atoms with E-state index in [-0.39, 0.29) is 0 Å². The van der Waals surface area contributed by atoms with Crippen molar-refractivity contribution in [1.82, 2.24) is 24.5 Å². The van der Waals surface area contributed by atoms with E-state index in [2.05, 4.69) is 39.1 Å². The molecule has 2 aromatic heterocycles. The summed E-state index contributed by atoms with van der Waals surface area (Å²) in [6, 6.07) is 0. The zero-order chi connectivity index (χ0) is 13.5. The lowest BCUT2D eigenvalue weighted by molar-refractivity contribution is 0.816. The summed E-state index contributed by atoms with van der Waals surface area (Å²) in [5.41, 5.74) is 0. The maximum absolute atomic E-state index is 4.45. The molecule has 0 fully saturated rings. The van der Waals surface area contributed by atoms with Crippen LogP contribution in [0.5, 0.6) is 0 Å². The molecule has 0 radical (unpaired) electrons. The van der Waals surface area contributed by atoms with Crippen molar-refractivity contribution in [3.05, 3.63) is 18.7 Å². The molecule has 0 bridgehead atoms. The summed E-state index contributed by atoms with van der Waals surface area (Å²) < 4.78 is 1.79. The number of rotatable bonds is 7. The Bertz CT molecular complexity index is 473. The van der Waals surface area contributed by atoms with Crippen molar-refractivity contribution in [1.29, 1.82) is 0 Å². The van der Waals surface area contributed by atoms with E-state index in [0.29, 0.717) is 11.9 Å².